The van der Waals surface area contributed by atoms with E-state index in [1.165, 1.54) is 0 Å². The smallest absolute Gasteiger partial charge is 0.224 e. The van der Waals surface area contributed by atoms with E-state index in [0.29, 0.717) is 18.0 Å². The average Bonchev–Trinajstić information content (AvgIpc) is 2.49. The molecule has 0 aliphatic heterocycles. The van der Waals surface area contributed by atoms with Gasteiger partial charge in [-0.05, 0) is 37.5 Å². The minimum atomic E-state index is -0.287. The van der Waals surface area contributed by atoms with E-state index < -0.39 is 0 Å². The Kier molecular flexibility index (Phi) is 6.88. The summed E-state index contributed by atoms with van der Waals surface area (Å²) in [6, 6.07) is 7.74. The summed E-state index contributed by atoms with van der Waals surface area (Å²) in [7, 11) is 1.81. The molecule has 1 aromatic carbocycles. The van der Waals surface area contributed by atoms with Crippen LogP contribution >= 0.6 is 11.6 Å². The van der Waals surface area contributed by atoms with Gasteiger partial charge in [0.05, 0.1) is 6.10 Å². The molecule has 5 heteroatoms. The summed E-state index contributed by atoms with van der Waals surface area (Å²) in [4.78, 5) is 14.1. The second-order valence-electron chi connectivity index (χ2n) is 6.61. The van der Waals surface area contributed by atoms with Gasteiger partial charge in [-0.2, -0.15) is 0 Å². The highest BCUT2D eigenvalue weighted by Crippen LogP contribution is 2.19. The first-order valence-electron chi connectivity index (χ1n) is 8.38. The Hall–Kier alpha value is -1.10. The fourth-order valence-electron chi connectivity index (χ4n) is 3.15. The number of amides is 1. The maximum absolute atomic E-state index is 12.4. The van der Waals surface area contributed by atoms with E-state index in [1.54, 1.807) is 4.90 Å². The number of halogens is 1. The Bertz CT molecular complexity index is 523. The summed E-state index contributed by atoms with van der Waals surface area (Å²) in [6.07, 6.45) is 4.22. The number of aliphatic hydroxyl groups is 1. The van der Waals surface area contributed by atoms with Crippen LogP contribution in [0.15, 0.2) is 24.3 Å². The van der Waals surface area contributed by atoms with Crippen molar-refractivity contribution in [2.24, 2.45) is 0 Å². The second kappa shape index (κ2) is 8.67. The number of hydrogen-bond donors (Lipinski definition) is 2. The molecule has 0 radical (unpaired) electrons. The maximum Gasteiger partial charge on any atom is 0.224 e. The van der Waals surface area contributed by atoms with Crippen LogP contribution in [0, 0.1) is 0 Å². The van der Waals surface area contributed by atoms with E-state index in [1.807, 2.05) is 38.2 Å². The van der Waals surface area contributed by atoms with Gasteiger partial charge in [-0.1, -0.05) is 36.6 Å². The highest BCUT2D eigenvalue weighted by Gasteiger charge is 2.25. The van der Waals surface area contributed by atoms with Crippen LogP contribution in [-0.2, 0) is 11.3 Å². The largest absolute Gasteiger partial charge is 0.392 e. The lowest BCUT2D eigenvalue weighted by molar-refractivity contribution is -0.131. The Balaban J connectivity index is 1.80. The molecular weight excluding hydrogens is 312 g/mol. The van der Waals surface area contributed by atoms with E-state index in [4.69, 9.17) is 11.6 Å². The van der Waals surface area contributed by atoms with Gasteiger partial charge < -0.3 is 15.3 Å². The molecule has 1 aliphatic rings. The number of nitrogens with one attached hydrogen (secondary N) is 1. The molecule has 2 rings (SSSR count). The molecule has 23 heavy (non-hydrogen) atoms. The fraction of sp³-hybridized carbons (Fsp3) is 0.611. The molecule has 0 aromatic heterocycles. The molecule has 1 aromatic rings. The molecule has 0 saturated heterocycles. The van der Waals surface area contributed by atoms with Crippen LogP contribution in [0.1, 0.15) is 44.6 Å². The first-order valence-corrected chi connectivity index (χ1v) is 8.76. The van der Waals surface area contributed by atoms with Crippen molar-refractivity contribution in [3.63, 3.8) is 0 Å². The third-order valence-corrected chi connectivity index (χ3v) is 4.68. The van der Waals surface area contributed by atoms with Crippen molar-refractivity contribution in [1.29, 1.82) is 0 Å². The molecule has 2 N–H and O–H groups in total. The minimum Gasteiger partial charge on any atom is -0.392 e. The zero-order valence-corrected chi connectivity index (χ0v) is 14.7. The van der Waals surface area contributed by atoms with Crippen molar-refractivity contribution in [2.45, 2.75) is 63.8 Å². The zero-order chi connectivity index (χ0) is 16.8. The van der Waals surface area contributed by atoms with Crippen molar-refractivity contribution < 1.29 is 9.90 Å². The lowest BCUT2D eigenvalue weighted by Gasteiger charge is -2.31. The van der Waals surface area contributed by atoms with E-state index in [0.717, 1.165) is 31.2 Å². The van der Waals surface area contributed by atoms with Gasteiger partial charge in [-0.25, -0.2) is 0 Å². The normalized spacial score (nSPS) is 22.6. The molecular formula is C18H27ClN2O2. The third-order valence-electron chi connectivity index (χ3n) is 4.44. The summed E-state index contributed by atoms with van der Waals surface area (Å²) in [5.41, 5.74) is 1.02. The molecule has 1 fully saturated rings. The van der Waals surface area contributed by atoms with E-state index in [-0.39, 0.29) is 24.1 Å². The molecule has 3 atom stereocenters. The first-order chi connectivity index (χ1) is 11.0. The van der Waals surface area contributed by atoms with E-state index in [2.05, 4.69) is 5.32 Å². The Morgan fingerprint density at radius 2 is 2.17 bits per heavy atom. The number of benzene rings is 1. The van der Waals surface area contributed by atoms with Gasteiger partial charge in [0.25, 0.3) is 0 Å². The summed E-state index contributed by atoms with van der Waals surface area (Å²) in [5, 5.41) is 14.1. The van der Waals surface area contributed by atoms with Gasteiger partial charge in [-0.3, -0.25) is 4.79 Å². The number of nitrogens with zero attached hydrogens (tertiary/aromatic N) is 1. The quantitative estimate of drug-likeness (QED) is 0.838. The predicted octanol–water partition coefficient (Wildman–Crippen LogP) is 2.97. The molecule has 4 nitrogen and oxygen atoms in total. The van der Waals surface area contributed by atoms with Gasteiger partial charge in [0.1, 0.15) is 0 Å². The molecule has 1 aliphatic carbocycles. The van der Waals surface area contributed by atoms with Gasteiger partial charge in [0.15, 0.2) is 0 Å². The molecule has 0 spiro atoms. The summed E-state index contributed by atoms with van der Waals surface area (Å²) < 4.78 is 0. The molecule has 0 bridgehead atoms. The molecule has 1 saturated carbocycles. The first kappa shape index (κ1) is 18.2. The lowest BCUT2D eigenvalue weighted by atomic mass is 9.92. The van der Waals surface area contributed by atoms with Crippen molar-refractivity contribution >= 4 is 17.5 Å². The van der Waals surface area contributed by atoms with E-state index >= 15 is 0 Å². The lowest BCUT2D eigenvalue weighted by Crippen LogP contribution is -2.47. The van der Waals surface area contributed by atoms with Crippen molar-refractivity contribution in [3.8, 4) is 0 Å². The Labute approximate surface area is 143 Å². The van der Waals surface area contributed by atoms with Crippen LogP contribution in [0.2, 0.25) is 5.02 Å². The number of hydrogen-bond acceptors (Lipinski definition) is 3. The van der Waals surface area contributed by atoms with Gasteiger partial charge >= 0.3 is 0 Å². The third kappa shape index (κ3) is 5.79. The topological polar surface area (TPSA) is 52.6 Å². The number of aliphatic hydroxyl groups excluding tert-OH is 1. The Morgan fingerprint density at radius 1 is 1.43 bits per heavy atom. The van der Waals surface area contributed by atoms with Crippen LogP contribution in [0.5, 0.6) is 0 Å². The maximum atomic E-state index is 12.4. The van der Waals surface area contributed by atoms with Crippen LogP contribution < -0.4 is 5.32 Å². The molecule has 3 unspecified atom stereocenters. The SMILES string of the molecule is CC(CC(=O)N(C)Cc1cccc(Cl)c1)NC1CCCCC1O. The number of carbonyl (C=O) groups is 1. The highest BCUT2D eigenvalue weighted by molar-refractivity contribution is 6.30. The molecule has 1 amide bonds. The predicted molar refractivity (Wildman–Crippen MR) is 93.4 cm³/mol. The van der Waals surface area contributed by atoms with Crippen molar-refractivity contribution in [1.82, 2.24) is 10.2 Å². The van der Waals surface area contributed by atoms with Crippen LogP contribution in [0.3, 0.4) is 0 Å². The van der Waals surface area contributed by atoms with Gasteiger partial charge in [0, 0.05) is 37.1 Å². The molecule has 128 valence electrons. The molecule has 0 heterocycles. The van der Waals surface area contributed by atoms with Crippen LogP contribution in [0.4, 0.5) is 0 Å². The highest BCUT2D eigenvalue weighted by atomic mass is 35.5. The van der Waals surface area contributed by atoms with Gasteiger partial charge in [-0.15, -0.1) is 0 Å². The Morgan fingerprint density at radius 3 is 2.87 bits per heavy atom. The minimum absolute atomic E-state index is 0.0575. The van der Waals surface area contributed by atoms with Crippen molar-refractivity contribution in [2.75, 3.05) is 7.05 Å². The van der Waals surface area contributed by atoms with Gasteiger partial charge in [0.2, 0.25) is 5.91 Å². The second-order valence-corrected chi connectivity index (χ2v) is 7.05. The van der Waals surface area contributed by atoms with Crippen LogP contribution in [0.25, 0.3) is 0 Å². The summed E-state index contributed by atoms with van der Waals surface area (Å²) in [5.74, 6) is 0.0928. The number of rotatable bonds is 6. The van der Waals surface area contributed by atoms with E-state index in [9.17, 15) is 9.90 Å². The monoisotopic (exact) mass is 338 g/mol. The van der Waals surface area contributed by atoms with Crippen LogP contribution in [-0.4, -0.2) is 41.1 Å². The fourth-order valence-corrected chi connectivity index (χ4v) is 3.36. The average molecular weight is 339 g/mol. The summed E-state index contributed by atoms with van der Waals surface area (Å²) in [6.45, 7) is 2.56. The number of carbonyl (C=O) groups excluding carboxylic acids is 1. The standard InChI is InChI=1S/C18H27ClN2O2/c1-13(20-16-8-3-4-9-17(16)22)10-18(23)21(2)12-14-6-5-7-15(19)11-14/h5-7,11,13,16-17,20,22H,3-4,8-10,12H2,1-2H3. The van der Waals surface area contributed by atoms with Crippen molar-refractivity contribution in [3.05, 3.63) is 34.9 Å². The zero-order valence-electron chi connectivity index (χ0n) is 14.0. The summed E-state index contributed by atoms with van der Waals surface area (Å²) >= 11 is 5.98.